The van der Waals surface area contributed by atoms with E-state index in [2.05, 4.69) is 61.3 Å². The van der Waals surface area contributed by atoms with Crippen molar-refractivity contribution in [3.05, 3.63) is 95.9 Å². The number of fused-ring (bicyclic) bond motifs is 1. The monoisotopic (exact) mass is 316 g/mol. The summed E-state index contributed by atoms with van der Waals surface area (Å²) in [6.45, 7) is 5.80. The lowest BCUT2D eigenvalue weighted by atomic mass is 9.95. The standard InChI is InChI=1S/C22H24N2/c1-3-4-5-12-22(23)24-21-14-13-19-18(10-7-11-20(19)21)17-9-6-8-16(2)15-17/h3-12,15,21,24H,1,13-14,23H2,2H3/b5-4-,22-12+. The summed E-state index contributed by atoms with van der Waals surface area (Å²) in [5, 5.41) is 3.44. The van der Waals surface area contributed by atoms with E-state index < -0.39 is 0 Å². The fraction of sp³-hybridized carbons (Fsp3) is 0.182. The first-order valence-corrected chi connectivity index (χ1v) is 8.39. The molecule has 1 aliphatic rings. The molecule has 3 rings (SSSR count). The molecule has 1 unspecified atom stereocenters. The third-order valence-electron chi connectivity index (χ3n) is 4.46. The number of nitrogens with one attached hydrogen (secondary N) is 1. The van der Waals surface area contributed by atoms with Crippen molar-refractivity contribution in [1.29, 1.82) is 0 Å². The first-order chi connectivity index (χ1) is 11.7. The smallest absolute Gasteiger partial charge is 0.0964 e. The Morgan fingerprint density at radius 1 is 1.21 bits per heavy atom. The molecule has 3 N–H and O–H groups in total. The van der Waals surface area contributed by atoms with Gasteiger partial charge in [-0.2, -0.15) is 0 Å². The SMILES string of the molecule is C=C/C=C\C=C(/N)NC1CCc2c(-c3cccc(C)c3)cccc21. The summed E-state index contributed by atoms with van der Waals surface area (Å²) in [6, 6.07) is 15.6. The van der Waals surface area contributed by atoms with Crippen molar-refractivity contribution in [3.63, 3.8) is 0 Å². The Balaban J connectivity index is 1.88. The van der Waals surface area contributed by atoms with E-state index in [9.17, 15) is 0 Å². The Bertz CT molecular complexity index is 799. The number of nitrogens with two attached hydrogens (primary N) is 1. The zero-order chi connectivity index (χ0) is 16.9. The van der Waals surface area contributed by atoms with E-state index in [1.165, 1.54) is 27.8 Å². The molecule has 2 heteroatoms. The Hall–Kier alpha value is -2.74. The number of allylic oxidation sites excluding steroid dienone is 4. The lowest BCUT2D eigenvalue weighted by Gasteiger charge is -2.16. The van der Waals surface area contributed by atoms with Gasteiger partial charge in [-0.3, -0.25) is 0 Å². The van der Waals surface area contributed by atoms with Gasteiger partial charge in [0.25, 0.3) is 0 Å². The predicted molar refractivity (Wildman–Crippen MR) is 102 cm³/mol. The Morgan fingerprint density at radius 3 is 2.83 bits per heavy atom. The average molecular weight is 316 g/mol. The van der Waals surface area contributed by atoms with Crippen LogP contribution in [0.2, 0.25) is 0 Å². The second-order valence-corrected chi connectivity index (χ2v) is 6.22. The van der Waals surface area contributed by atoms with Crippen LogP contribution in [0.5, 0.6) is 0 Å². The summed E-state index contributed by atoms with van der Waals surface area (Å²) in [5.41, 5.74) is 12.8. The van der Waals surface area contributed by atoms with E-state index in [-0.39, 0.29) is 6.04 Å². The number of aryl methyl sites for hydroxylation is 1. The van der Waals surface area contributed by atoms with Gasteiger partial charge in [0.15, 0.2) is 0 Å². The van der Waals surface area contributed by atoms with Gasteiger partial charge in [0, 0.05) is 0 Å². The van der Waals surface area contributed by atoms with Crippen LogP contribution in [0.15, 0.2) is 79.2 Å². The van der Waals surface area contributed by atoms with Crippen molar-refractivity contribution in [1.82, 2.24) is 5.32 Å². The van der Waals surface area contributed by atoms with Crippen LogP contribution in [0, 0.1) is 6.92 Å². The quantitative estimate of drug-likeness (QED) is 0.779. The maximum Gasteiger partial charge on any atom is 0.0964 e. The van der Waals surface area contributed by atoms with E-state index in [0.717, 1.165) is 12.8 Å². The molecule has 2 nitrogen and oxygen atoms in total. The van der Waals surface area contributed by atoms with E-state index in [1.807, 2.05) is 18.2 Å². The van der Waals surface area contributed by atoms with Crippen molar-refractivity contribution < 1.29 is 0 Å². The molecular weight excluding hydrogens is 292 g/mol. The van der Waals surface area contributed by atoms with Crippen LogP contribution in [0.1, 0.15) is 29.2 Å². The van der Waals surface area contributed by atoms with Crippen LogP contribution in [-0.2, 0) is 6.42 Å². The average Bonchev–Trinajstić information content (AvgIpc) is 2.98. The molecule has 0 heterocycles. The molecule has 1 aliphatic carbocycles. The van der Waals surface area contributed by atoms with Crippen LogP contribution in [-0.4, -0.2) is 0 Å². The highest BCUT2D eigenvalue weighted by Gasteiger charge is 2.24. The minimum Gasteiger partial charge on any atom is -0.386 e. The molecule has 2 aromatic carbocycles. The molecule has 0 bridgehead atoms. The molecule has 0 saturated heterocycles. The molecule has 0 amide bonds. The highest BCUT2D eigenvalue weighted by Crippen LogP contribution is 2.38. The first kappa shape index (κ1) is 16.1. The molecule has 0 fully saturated rings. The number of hydrogen-bond acceptors (Lipinski definition) is 2. The zero-order valence-electron chi connectivity index (χ0n) is 14.1. The van der Waals surface area contributed by atoms with Gasteiger partial charge in [-0.15, -0.1) is 0 Å². The van der Waals surface area contributed by atoms with E-state index in [0.29, 0.717) is 5.82 Å². The summed E-state index contributed by atoms with van der Waals surface area (Å²) < 4.78 is 0. The maximum absolute atomic E-state index is 6.08. The molecule has 24 heavy (non-hydrogen) atoms. The summed E-state index contributed by atoms with van der Waals surface area (Å²) in [7, 11) is 0. The summed E-state index contributed by atoms with van der Waals surface area (Å²) in [4.78, 5) is 0. The highest BCUT2D eigenvalue weighted by atomic mass is 15.0. The molecule has 122 valence electrons. The molecule has 0 aliphatic heterocycles. The topological polar surface area (TPSA) is 38.0 Å². The Labute approximate surface area is 144 Å². The van der Waals surface area contributed by atoms with Crippen LogP contribution in [0.4, 0.5) is 0 Å². The fourth-order valence-corrected chi connectivity index (χ4v) is 3.37. The van der Waals surface area contributed by atoms with Gasteiger partial charge in [0.05, 0.1) is 11.9 Å². The van der Waals surface area contributed by atoms with Crippen LogP contribution >= 0.6 is 0 Å². The Morgan fingerprint density at radius 2 is 2.04 bits per heavy atom. The van der Waals surface area contributed by atoms with Crippen molar-refractivity contribution in [2.75, 3.05) is 0 Å². The van der Waals surface area contributed by atoms with E-state index in [4.69, 9.17) is 5.73 Å². The fourth-order valence-electron chi connectivity index (χ4n) is 3.37. The first-order valence-electron chi connectivity index (χ1n) is 8.39. The molecule has 0 saturated carbocycles. The predicted octanol–water partition coefficient (Wildman–Crippen LogP) is 4.78. The lowest BCUT2D eigenvalue weighted by Crippen LogP contribution is -2.23. The van der Waals surface area contributed by atoms with Crippen molar-refractivity contribution >= 4 is 0 Å². The molecule has 1 atom stereocenters. The van der Waals surface area contributed by atoms with Gasteiger partial charge in [0.2, 0.25) is 0 Å². The second kappa shape index (κ2) is 7.22. The number of rotatable bonds is 5. The molecule has 0 radical (unpaired) electrons. The second-order valence-electron chi connectivity index (χ2n) is 6.22. The molecule has 2 aromatic rings. The summed E-state index contributed by atoms with van der Waals surface area (Å²) >= 11 is 0. The van der Waals surface area contributed by atoms with Gasteiger partial charge in [-0.1, -0.05) is 72.8 Å². The van der Waals surface area contributed by atoms with Crippen LogP contribution in [0.25, 0.3) is 11.1 Å². The number of benzene rings is 2. The normalized spacial score (nSPS) is 17.0. The summed E-state index contributed by atoms with van der Waals surface area (Å²) in [5.74, 6) is 0.687. The minimum atomic E-state index is 0.276. The molecule has 0 aromatic heterocycles. The van der Waals surface area contributed by atoms with Gasteiger partial charge in [-0.25, -0.2) is 0 Å². The largest absolute Gasteiger partial charge is 0.386 e. The van der Waals surface area contributed by atoms with Crippen LogP contribution < -0.4 is 11.1 Å². The molecule has 0 spiro atoms. The maximum atomic E-state index is 6.08. The van der Waals surface area contributed by atoms with Gasteiger partial charge in [0.1, 0.15) is 0 Å². The van der Waals surface area contributed by atoms with Crippen LogP contribution in [0.3, 0.4) is 0 Å². The molecular formula is C22H24N2. The number of hydrogen-bond donors (Lipinski definition) is 2. The van der Waals surface area contributed by atoms with Crippen molar-refractivity contribution in [2.45, 2.75) is 25.8 Å². The van der Waals surface area contributed by atoms with Crippen molar-refractivity contribution in [3.8, 4) is 11.1 Å². The lowest BCUT2D eigenvalue weighted by molar-refractivity contribution is 0.588. The van der Waals surface area contributed by atoms with Gasteiger partial charge in [-0.05, 0) is 48.1 Å². The van der Waals surface area contributed by atoms with E-state index in [1.54, 1.807) is 6.08 Å². The third-order valence-corrected chi connectivity index (χ3v) is 4.46. The third kappa shape index (κ3) is 3.43. The zero-order valence-corrected chi connectivity index (χ0v) is 14.1. The van der Waals surface area contributed by atoms with E-state index >= 15 is 0 Å². The van der Waals surface area contributed by atoms with Gasteiger partial charge < -0.3 is 11.1 Å². The summed E-state index contributed by atoms with van der Waals surface area (Å²) in [6.07, 6.45) is 9.53. The Kier molecular flexibility index (Phi) is 4.85. The highest BCUT2D eigenvalue weighted by molar-refractivity contribution is 5.70. The minimum absolute atomic E-state index is 0.276. The van der Waals surface area contributed by atoms with Gasteiger partial charge >= 0.3 is 0 Å². The van der Waals surface area contributed by atoms with Crippen molar-refractivity contribution in [2.24, 2.45) is 5.73 Å².